The van der Waals surface area contributed by atoms with Crippen LogP contribution in [0, 0.1) is 62.1 Å². The molecule has 4 unspecified atom stereocenters. The molecule has 3 N–H and O–H groups in total. The lowest BCUT2D eigenvalue weighted by atomic mass is 9.32. The van der Waals surface area contributed by atoms with Gasteiger partial charge in [0.1, 0.15) is 6.10 Å². The number of carboxylic acid groups (broad SMARTS) is 2. The van der Waals surface area contributed by atoms with Gasteiger partial charge in [0.2, 0.25) is 5.91 Å². The zero-order valence-corrected chi connectivity index (χ0v) is 32.8. The Bertz CT molecular complexity index is 1650. The molecule has 5 fully saturated rings. The van der Waals surface area contributed by atoms with Crippen LogP contribution in [-0.2, 0) is 25.7 Å². The highest BCUT2D eigenvalue weighted by atomic mass is 16.5. The summed E-state index contributed by atoms with van der Waals surface area (Å²) in [5.41, 5.74) is -0.107. The number of nitrogens with one attached hydrogen (secondary N) is 1. The molecule has 0 aliphatic heterocycles. The van der Waals surface area contributed by atoms with Gasteiger partial charge in [0.05, 0.1) is 17.3 Å². The van der Waals surface area contributed by atoms with Crippen LogP contribution in [0.15, 0.2) is 30.5 Å². The lowest BCUT2D eigenvalue weighted by molar-refractivity contribution is -0.249. The maximum atomic E-state index is 14.5. The molecule has 0 bridgehead atoms. The van der Waals surface area contributed by atoms with Gasteiger partial charge < -0.3 is 20.3 Å². The lowest BCUT2D eigenvalue weighted by Crippen LogP contribution is -2.67. The van der Waals surface area contributed by atoms with E-state index in [9.17, 15) is 29.4 Å². The van der Waals surface area contributed by atoms with Gasteiger partial charge in [-0.2, -0.15) is 0 Å². The number of nitrogens with zero attached hydrogens (tertiary/aromatic N) is 1. The van der Waals surface area contributed by atoms with Crippen molar-refractivity contribution in [1.29, 1.82) is 0 Å². The number of allylic oxidation sites excluding steroid dienone is 1. The Labute approximate surface area is 310 Å². The van der Waals surface area contributed by atoms with Crippen LogP contribution in [-0.4, -0.2) is 45.1 Å². The second-order valence-electron chi connectivity index (χ2n) is 19.5. The number of carbonyl (C=O) groups is 4. The summed E-state index contributed by atoms with van der Waals surface area (Å²) < 4.78 is 6.15. The van der Waals surface area contributed by atoms with Crippen molar-refractivity contribution in [3.63, 3.8) is 0 Å². The summed E-state index contributed by atoms with van der Waals surface area (Å²) >= 11 is 0. The third-order valence-corrected chi connectivity index (χ3v) is 16.4. The van der Waals surface area contributed by atoms with E-state index in [4.69, 9.17) is 4.74 Å². The first-order valence-corrected chi connectivity index (χ1v) is 19.7. The van der Waals surface area contributed by atoms with Gasteiger partial charge in [0.25, 0.3) is 0 Å². The van der Waals surface area contributed by atoms with Crippen molar-refractivity contribution in [2.75, 3.05) is 0 Å². The minimum Gasteiger partial charge on any atom is -0.481 e. The Morgan fingerprint density at radius 2 is 1.63 bits per heavy atom. The van der Waals surface area contributed by atoms with Gasteiger partial charge in [-0.25, -0.2) is 9.78 Å². The highest BCUT2D eigenvalue weighted by Gasteiger charge is 2.72. The third-order valence-electron chi connectivity index (χ3n) is 16.4. The van der Waals surface area contributed by atoms with Crippen molar-refractivity contribution in [3.8, 4) is 0 Å². The van der Waals surface area contributed by atoms with Crippen molar-refractivity contribution in [3.05, 3.63) is 41.7 Å². The Hall–Kier alpha value is -3.23. The number of aromatic carboxylic acids is 1. The lowest BCUT2D eigenvalue weighted by Gasteiger charge is -2.72. The number of amides is 1. The van der Waals surface area contributed by atoms with Crippen molar-refractivity contribution in [1.82, 2.24) is 10.3 Å². The molecule has 9 heteroatoms. The smallest absolute Gasteiger partial charge is 0.354 e. The Morgan fingerprint density at radius 1 is 0.923 bits per heavy atom. The zero-order chi connectivity index (χ0) is 38.2. The molecule has 6 rings (SSSR count). The van der Waals surface area contributed by atoms with Crippen LogP contribution in [0.25, 0.3) is 0 Å². The Balaban J connectivity index is 1.25. The molecule has 0 saturated heterocycles. The van der Waals surface area contributed by atoms with E-state index in [1.165, 1.54) is 6.20 Å². The van der Waals surface area contributed by atoms with Gasteiger partial charge in [-0.15, -0.1) is 0 Å². The van der Waals surface area contributed by atoms with Crippen molar-refractivity contribution >= 4 is 23.8 Å². The number of esters is 1. The molecule has 0 radical (unpaired) electrons. The van der Waals surface area contributed by atoms with Crippen LogP contribution in [0.2, 0.25) is 0 Å². The third kappa shape index (κ3) is 5.73. The summed E-state index contributed by atoms with van der Waals surface area (Å²) in [6.45, 7) is 22.0. The molecule has 9 nitrogen and oxygen atoms in total. The molecule has 5 aliphatic rings. The fourth-order valence-corrected chi connectivity index (χ4v) is 13.5. The first kappa shape index (κ1) is 38.5. The van der Waals surface area contributed by atoms with Crippen molar-refractivity contribution in [2.45, 2.75) is 139 Å². The average Bonchev–Trinajstić information content (AvgIpc) is 3.46. The number of aromatic nitrogens is 1. The Morgan fingerprint density at radius 3 is 2.29 bits per heavy atom. The average molecular weight is 719 g/mol. The van der Waals surface area contributed by atoms with Crippen LogP contribution in [0.4, 0.5) is 0 Å². The highest BCUT2D eigenvalue weighted by Crippen LogP contribution is 2.77. The van der Waals surface area contributed by atoms with Crippen LogP contribution < -0.4 is 5.32 Å². The monoisotopic (exact) mass is 718 g/mol. The van der Waals surface area contributed by atoms with E-state index in [-0.39, 0.29) is 64.2 Å². The number of hydrogen-bond donors (Lipinski definition) is 3. The topological polar surface area (TPSA) is 143 Å². The summed E-state index contributed by atoms with van der Waals surface area (Å²) in [4.78, 5) is 55.2. The second kappa shape index (κ2) is 13.0. The van der Waals surface area contributed by atoms with E-state index in [0.29, 0.717) is 23.3 Å². The molecule has 5 saturated carbocycles. The molecule has 0 spiro atoms. The molecule has 286 valence electrons. The van der Waals surface area contributed by atoms with Gasteiger partial charge in [-0.1, -0.05) is 52.8 Å². The summed E-state index contributed by atoms with van der Waals surface area (Å²) in [5.74, 6) is -0.792. The summed E-state index contributed by atoms with van der Waals surface area (Å²) in [6.07, 6.45) is 10.7. The SMILES string of the molecule is C=C(C)[C@@H]1CC[C@]2(C(=O)NCc3cccnc3C(=O)O)CC[C@]3(C)C(CCC4[C@@]5(C)CC[C@H](OC(=O)CC(C)(C)C(=O)O)C(C)(C)C5CC[C@]43C)C12. The fraction of sp³-hybridized carbons (Fsp3) is 0.744. The summed E-state index contributed by atoms with van der Waals surface area (Å²) in [7, 11) is 0. The largest absolute Gasteiger partial charge is 0.481 e. The molecule has 1 aromatic rings. The number of rotatable bonds is 9. The summed E-state index contributed by atoms with van der Waals surface area (Å²) in [6, 6.07) is 3.44. The fourth-order valence-electron chi connectivity index (χ4n) is 13.5. The maximum absolute atomic E-state index is 14.5. The van der Waals surface area contributed by atoms with E-state index >= 15 is 0 Å². The van der Waals surface area contributed by atoms with E-state index in [2.05, 4.69) is 58.4 Å². The van der Waals surface area contributed by atoms with E-state index in [0.717, 1.165) is 69.8 Å². The minimum atomic E-state index is -1.17. The maximum Gasteiger partial charge on any atom is 0.354 e. The van der Waals surface area contributed by atoms with Gasteiger partial charge in [-0.05, 0) is 137 Å². The first-order chi connectivity index (χ1) is 24.2. The van der Waals surface area contributed by atoms with Gasteiger partial charge in [-0.3, -0.25) is 14.4 Å². The normalized spacial score (nSPS) is 39.2. The molecule has 1 heterocycles. The van der Waals surface area contributed by atoms with Crippen molar-refractivity contribution < 1.29 is 34.1 Å². The van der Waals surface area contributed by atoms with Crippen molar-refractivity contribution in [2.24, 2.45) is 62.1 Å². The zero-order valence-electron chi connectivity index (χ0n) is 32.8. The molecule has 10 atom stereocenters. The van der Waals surface area contributed by atoms with Crippen LogP contribution >= 0.6 is 0 Å². The number of carbonyl (C=O) groups excluding carboxylic acids is 2. The number of fused-ring (bicyclic) bond motifs is 7. The van der Waals surface area contributed by atoms with Gasteiger partial charge in [0.15, 0.2) is 5.69 Å². The predicted octanol–water partition coefficient (Wildman–Crippen LogP) is 8.47. The van der Waals surface area contributed by atoms with E-state index in [1.807, 2.05) is 0 Å². The van der Waals surface area contributed by atoms with Crippen LogP contribution in [0.5, 0.6) is 0 Å². The number of ether oxygens (including phenoxy) is 1. The van der Waals surface area contributed by atoms with Crippen LogP contribution in [0.3, 0.4) is 0 Å². The van der Waals surface area contributed by atoms with Gasteiger partial charge >= 0.3 is 17.9 Å². The first-order valence-electron chi connectivity index (χ1n) is 19.7. The van der Waals surface area contributed by atoms with Crippen LogP contribution in [0.1, 0.15) is 142 Å². The molecular formula is C43H62N2O7. The molecular weight excluding hydrogens is 656 g/mol. The second-order valence-corrected chi connectivity index (χ2v) is 19.5. The summed E-state index contributed by atoms with van der Waals surface area (Å²) in [5, 5.41) is 22.5. The molecule has 5 aliphatic carbocycles. The predicted molar refractivity (Wildman–Crippen MR) is 198 cm³/mol. The molecule has 0 aromatic carbocycles. The van der Waals surface area contributed by atoms with E-state index < -0.39 is 28.7 Å². The molecule has 1 aromatic heterocycles. The number of aliphatic carboxylic acids is 1. The van der Waals surface area contributed by atoms with Gasteiger partial charge in [0, 0.05) is 23.7 Å². The minimum absolute atomic E-state index is 0.0212. The highest BCUT2D eigenvalue weighted by molar-refractivity contribution is 5.88. The molecule has 1 amide bonds. The number of carboxylic acids is 2. The number of hydrogen-bond acceptors (Lipinski definition) is 6. The quantitative estimate of drug-likeness (QED) is 0.171. The standard InChI is InChI=1S/C43H62N2O7/c1-25(2)27-14-19-43(36(49)45-24-26-11-10-22-44-34(26)35(47)48)21-20-41(8)28(33(27)43)12-13-30-40(7)17-16-31(52-32(46)23-38(3,4)37(50)51)39(5,6)29(40)15-18-42(30,41)9/h10-11,22,27-31,33H,1,12-21,23-24H2,2-9H3,(H,45,49)(H,47,48)(H,50,51)/t27-,28?,29?,30?,31-,33?,40-,41+,42+,43-/m0/s1. The Kier molecular flexibility index (Phi) is 9.60. The number of pyridine rings is 1. The molecule has 52 heavy (non-hydrogen) atoms. The van der Waals surface area contributed by atoms with E-state index in [1.54, 1.807) is 26.0 Å².